The predicted octanol–water partition coefficient (Wildman–Crippen LogP) is 2.95. The van der Waals surface area contributed by atoms with E-state index in [0.717, 1.165) is 11.6 Å². The molecule has 0 bridgehead atoms. The number of carbonyl (C=O) groups excluding carboxylic acids is 1. The minimum absolute atomic E-state index is 0.300. The van der Waals surface area contributed by atoms with E-state index in [1.807, 2.05) is 30.3 Å². The van der Waals surface area contributed by atoms with Gasteiger partial charge in [0.2, 0.25) is 0 Å². The number of carbonyl (C=O) groups is 2. The van der Waals surface area contributed by atoms with Gasteiger partial charge in [0.15, 0.2) is 0 Å². The van der Waals surface area contributed by atoms with E-state index in [4.69, 9.17) is 9.84 Å². The third-order valence-electron chi connectivity index (χ3n) is 1.84. The largest absolute Gasteiger partial charge is 0.478 e. The molecule has 0 unspecified atom stereocenters. The molecule has 0 amide bonds. The summed E-state index contributed by atoms with van der Waals surface area (Å²) in [5, 5.41) is 7.83. The third kappa shape index (κ3) is 10.5. The van der Waals surface area contributed by atoms with Gasteiger partial charge in [-0.25, -0.2) is 9.59 Å². The van der Waals surface area contributed by atoms with Gasteiger partial charge in [-0.05, 0) is 19.4 Å². The van der Waals surface area contributed by atoms with Gasteiger partial charge in [0, 0.05) is 12.2 Å². The van der Waals surface area contributed by atoms with Crippen molar-refractivity contribution in [1.82, 2.24) is 0 Å². The van der Waals surface area contributed by atoms with E-state index in [1.165, 1.54) is 12.2 Å². The molecule has 0 aliphatic rings. The summed E-state index contributed by atoms with van der Waals surface area (Å²) in [6.45, 7) is 3.78. The lowest BCUT2D eigenvalue weighted by atomic mass is 10.2. The van der Waals surface area contributed by atoms with Gasteiger partial charge in [-0.1, -0.05) is 42.5 Å². The van der Waals surface area contributed by atoms with Crippen LogP contribution >= 0.6 is 0 Å². The van der Waals surface area contributed by atoms with Gasteiger partial charge in [0.25, 0.3) is 0 Å². The molecule has 0 aromatic heterocycles. The molecule has 0 fully saturated rings. The zero-order valence-corrected chi connectivity index (χ0v) is 11.1. The van der Waals surface area contributed by atoms with Gasteiger partial charge in [0.05, 0.1) is 0 Å². The van der Waals surface area contributed by atoms with Crippen LogP contribution in [-0.4, -0.2) is 17.0 Å². The molecular weight excluding hydrogens is 244 g/mol. The normalized spacial score (nSPS) is 10.0. The van der Waals surface area contributed by atoms with Crippen LogP contribution in [-0.2, 0) is 20.9 Å². The van der Waals surface area contributed by atoms with Crippen LogP contribution in [0.15, 0.2) is 54.6 Å². The van der Waals surface area contributed by atoms with E-state index < -0.39 is 5.97 Å². The summed E-state index contributed by atoms with van der Waals surface area (Å²) < 4.78 is 4.94. The number of allylic oxidation sites excluding steroid dienone is 2. The van der Waals surface area contributed by atoms with Gasteiger partial charge < -0.3 is 9.84 Å². The Morgan fingerprint density at radius 3 is 2.11 bits per heavy atom. The highest BCUT2D eigenvalue weighted by Crippen LogP contribution is 2.00. The summed E-state index contributed by atoms with van der Waals surface area (Å²) in [7, 11) is 0. The molecule has 1 rings (SSSR count). The molecule has 19 heavy (non-hydrogen) atoms. The van der Waals surface area contributed by atoms with Crippen molar-refractivity contribution in [2.24, 2.45) is 0 Å². The third-order valence-corrected chi connectivity index (χ3v) is 1.84. The molecule has 102 valence electrons. The van der Waals surface area contributed by atoms with E-state index >= 15 is 0 Å². The van der Waals surface area contributed by atoms with Gasteiger partial charge in [-0.3, -0.25) is 0 Å². The Morgan fingerprint density at radius 1 is 1.11 bits per heavy atom. The molecule has 1 N–H and O–H groups in total. The Bertz CT molecular complexity index is 433. The molecule has 1 aromatic carbocycles. The smallest absolute Gasteiger partial charge is 0.330 e. The molecular formula is C15H18O4. The second-order valence-electron chi connectivity index (χ2n) is 3.43. The van der Waals surface area contributed by atoms with Crippen molar-refractivity contribution in [3.05, 3.63) is 60.2 Å². The van der Waals surface area contributed by atoms with E-state index in [2.05, 4.69) is 0 Å². The predicted molar refractivity (Wildman–Crippen MR) is 73.5 cm³/mol. The van der Waals surface area contributed by atoms with Crippen molar-refractivity contribution in [2.45, 2.75) is 20.5 Å². The fourth-order valence-corrected chi connectivity index (χ4v) is 1.06. The number of ether oxygens (including phenoxy) is 1. The summed E-state index contributed by atoms with van der Waals surface area (Å²) in [4.78, 5) is 20.4. The van der Waals surface area contributed by atoms with Crippen molar-refractivity contribution in [2.75, 3.05) is 0 Å². The van der Waals surface area contributed by atoms with Gasteiger partial charge in [0.1, 0.15) is 6.61 Å². The lowest BCUT2D eigenvalue weighted by Gasteiger charge is -2.00. The highest BCUT2D eigenvalue weighted by Gasteiger charge is 1.96. The maximum Gasteiger partial charge on any atom is 0.330 e. The van der Waals surface area contributed by atoms with Crippen LogP contribution in [0.3, 0.4) is 0 Å². The van der Waals surface area contributed by atoms with Crippen LogP contribution in [0.25, 0.3) is 0 Å². The van der Waals surface area contributed by atoms with E-state index in [1.54, 1.807) is 19.9 Å². The van der Waals surface area contributed by atoms with Crippen LogP contribution in [0.1, 0.15) is 19.4 Å². The summed E-state index contributed by atoms with van der Waals surface area (Å²) >= 11 is 0. The summed E-state index contributed by atoms with van der Waals surface area (Å²) in [5.74, 6) is -1.19. The number of rotatable bonds is 4. The number of esters is 1. The first-order chi connectivity index (χ1) is 9.10. The first-order valence-electron chi connectivity index (χ1n) is 5.79. The number of hydrogen-bond acceptors (Lipinski definition) is 3. The van der Waals surface area contributed by atoms with Gasteiger partial charge >= 0.3 is 11.9 Å². The Balaban J connectivity index is 0.000000459. The monoisotopic (exact) mass is 262 g/mol. The molecule has 4 nitrogen and oxygen atoms in total. The minimum Gasteiger partial charge on any atom is -0.478 e. The average molecular weight is 262 g/mol. The standard InChI is InChI=1S/C11H12O2.C4H6O2/c1-2-6-11(12)13-9-10-7-4-3-5-8-10;1-2-3-4(5)6/h2-8H,9H2,1H3;2-3H,1H3,(H,5,6). The number of benzene rings is 1. The highest BCUT2D eigenvalue weighted by molar-refractivity contribution is 5.81. The number of carboxylic acids is 1. The Hall–Kier alpha value is -2.36. The van der Waals surface area contributed by atoms with Gasteiger partial charge in [-0.15, -0.1) is 0 Å². The lowest BCUT2D eigenvalue weighted by molar-refractivity contribution is -0.139. The Kier molecular flexibility index (Phi) is 9.43. The number of carboxylic acid groups (broad SMARTS) is 1. The maximum atomic E-state index is 10.9. The van der Waals surface area contributed by atoms with Crippen LogP contribution in [0.5, 0.6) is 0 Å². The molecule has 0 saturated carbocycles. The maximum absolute atomic E-state index is 10.9. The Morgan fingerprint density at radius 2 is 1.68 bits per heavy atom. The second kappa shape index (κ2) is 10.8. The molecule has 0 spiro atoms. The molecule has 0 aliphatic carbocycles. The van der Waals surface area contributed by atoms with Crippen molar-refractivity contribution in [1.29, 1.82) is 0 Å². The van der Waals surface area contributed by atoms with Crippen molar-refractivity contribution in [3.8, 4) is 0 Å². The van der Waals surface area contributed by atoms with Crippen LogP contribution in [0.2, 0.25) is 0 Å². The van der Waals surface area contributed by atoms with Crippen molar-refractivity contribution < 1.29 is 19.4 Å². The van der Waals surface area contributed by atoms with Crippen molar-refractivity contribution >= 4 is 11.9 Å². The van der Waals surface area contributed by atoms with Crippen LogP contribution in [0.4, 0.5) is 0 Å². The second-order valence-corrected chi connectivity index (χ2v) is 3.43. The van der Waals surface area contributed by atoms with Crippen LogP contribution < -0.4 is 0 Å². The van der Waals surface area contributed by atoms with Crippen LogP contribution in [0, 0.1) is 0 Å². The number of hydrogen-bond donors (Lipinski definition) is 1. The van der Waals surface area contributed by atoms with E-state index in [0.29, 0.717) is 6.61 Å². The average Bonchev–Trinajstić information content (AvgIpc) is 2.38. The summed E-state index contributed by atoms with van der Waals surface area (Å²) in [6.07, 6.45) is 5.62. The topological polar surface area (TPSA) is 63.6 Å². The molecule has 0 saturated heterocycles. The quantitative estimate of drug-likeness (QED) is 0.669. The molecule has 0 atom stereocenters. The molecule has 4 heteroatoms. The highest BCUT2D eigenvalue weighted by atomic mass is 16.5. The summed E-state index contributed by atoms with van der Waals surface area (Å²) in [5.41, 5.74) is 1.00. The van der Waals surface area contributed by atoms with E-state index in [9.17, 15) is 9.59 Å². The Labute approximate surface area is 113 Å². The zero-order chi connectivity index (χ0) is 14.5. The SMILES string of the molecule is CC=CC(=O)O.CC=CC(=O)OCc1ccccc1. The number of aliphatic carboxylic acids is 1. The minimum atomic E-state index is -0.891. The zero-order valence-electron chi connectivity index (χ0n) is 11.1. The lowest BCUT2D eigenvalue weighted by Crippen LogP contribution is -2.00. The first-order valence-corrected chi connectivity index (χ1v) is 5.79. The van der Waals surface area contributed by atoms with E-state index in [-0.39, 0.29) is 5.97 Å². The fraction of sp³-hybridized carbons (Fsp3) is 0.200. The molecule has 0 aliphatic heterocycles. The molecule has 0 heterocycles. The van der Waals surface area contributed by atoms with Crippen molar-refractivity contribution in [3.63, 3.8) is 0 Å². The fourth-order valence-electron chi connectivity index (χ4n) is 1.06. The molecule has 1 aromatic rings. The summed E-state index contributed by atoms with van der Waals surface area (Å²) in [6, 6.07) is 9.60. The molecule has 0 radical (unpaired) electrons. The first kappa shape index (κ1) is 16.6. The van der Waals surface area contributed by atoms with Gasteiger partial charge in [-0.2, -0.15) is 0 Å².